The van der Waals surface area contributed by atoms with Crippen molar-refractivity contribution in [2.24, 2.45) is 4.99 Å². The molecule has 2 aromatic carbocycles. The zero-order chi connectivity index (χ0) is 19.1. The number of thiocarbonyl (C=S) groups is 1. The van der Waals surface area contributed by atoms with Crippen molar-refractivity contribution in [3.05, 3.63) is 59.7 Å². The molecule has 0 spiro atoms. The molecule has 0 atom stereocenters. The molecule has 1 amide bonds. The summed E-state index contributed by atoms with van der Waals surface area (Å²) in [5, 5.41) is 6.50. The predicted molar refractivity (Wildman–Crippen MR) is 110 cm³/mol. The van der Waals surface area contributed by atoms with E-state index in [4.69, 9.17) is 17.0 Å². The third-order valence-corrected chi connectivity index (χ3v) is 4.15. The number of benzene rings is 2. The number of nitrogens with zero attached hydrogens (tertiary/aromatic N) is 1. The van der Waals surface area contributed by atoms with Gasteiger partial charge >= 0.3 is 0 Å². The highest BCUT2D eigenvalue weighted by atomic mass is 32.1. The molecule has 1 aliphatic rings. The fourth-order valence-electron chi connectivity index (χ4n) is 2.64. The second-order valence-corrected chi connectivity index (χ2v) is 6.23. The Bertz CT molecular complexity index is 869. The number of aliphatic imine (C=N–C) groups is 1. The maximum atomic E-state index is 12.6. The van der Waals surface area contributed by atoms with Gasteiger partial charge in [0.25, 0.3) is 5.91 Å². The third kappa shape index (κ3) is 4.95. The van der Waals surface area contributed by atoms with E-state index in [0.29, 0.717) is 11.3 Å². The van der Waals surface area contributed by atoms with Gasteiger partial charge in [0.15, 0.2) is 5.11 Å². The molecule has 2 aromatic rings. The Hall–Kier alpha value is -3.13. The average molecular weight is 383 g/mol. The normalized spacial score (nSPS) is 13.0. The van der Waals surface area contributed by atoms with Gasteiger partial charge in [-0.05, 0) is 36.8 Å². The number of hydrogen-bond acceptors (Lipinski definition) is 5. The van der Waals surface area contributed by atoms with Gasteiger partial charge < -0.3 is 15.4 Å². The van der Waals surface area contributed by atoms with Crippen molar-refractivity contribution < 1.29 is 9.53 Å². The molecule has 0 aliphatic carbocycles. The summed E-state index contributed by atoms with van der Waals surface area (Å²) in [5.74, 6) is 1.15. The van der Waals surface area contributed by atoms with Gasteiger partial charge in [0.1, 0.15) is 11.6 Å². The minimum atomic E-state index is -0.296. The number of carbonyl (C=O) groups is 1. The molecule has 1 aliphatic heterocycles. The number of hydrazine groups is 1. The van der Waals surface area contributed by atoms with Crippen molar-refractivity contribution in [3.63, 3.8) is 0 Å². The number of carbonyl (C=O) groups excluding carboxylic acids is 1. The van der Waals surface area contributed by atoms with Gasteiger partial charge in [0.05, 0.1) is 12.7 Å². The van der Waals surface area contributed by atoms with E-state index in [1.54, 1.807) is 19.2 Å². The number of ether oxygens (including phenoxy) is 1. The summed E-state index contributed by atoms with van der Waals surface area (Å²) < 4.78 is 5.17. The second kappa shape index (κ2) is 9.00. The van der Waals surface area contributed by atoms with Crippen molar-refractivity contribution in [3.8, 4) is 5.75 Å². The first-order valence-corrected chi connectivity index (χ1v) is 8.97. The fraction of sp³-hybridized carbons (Fsp3) is 0.211. The summed E-state index contributed by atoms with van der Waals surface area (Å²) in [5.41, 5.74) is 7.37. The Morgan fingerprint density at radius 3 is 2.81 bits per heavy atom. The van der Waals surface area contributed by atoms with E-state index < -0.39 is 0 Å². The lowest BCUT2D eigenvalue weighted by atomic mass is 10.1. The lowest BCUT2D eigenvalue weighted by molar-refractivity contribution is 0.0944. The standard InChI is InChI=1S/C19H21N5O2S/c1-26-14-7-4-6-13(12-14)22-19(27)24-23-18(25)16-9-3-2-8-15(16)17-20-10-5-11-21-17/h2-4,6-9,12H,5,10-11H2,1H3,(H,20,21)(H,23,25)(H2,22,24,27). The summed E-state index contributed by atoms with van der Waals surface area (Å²) in [6, 6.07) is 14.7. The molecule has 3 rings (SSSR count). The topological polar surface area (TPSA) is 86.8 Å². The van der Waals surface area contributed by atoms with E-state index in [-0.39, 0.29) is 11.0 Å². The van der Waals surface area contributed by atoms with Crippen LogP contribution in [0.4, 0.5) is 5.69 Å². The smallest absolute Gasteiger partial charge is 0.270 e. The van der Waals surface area contributed by atoms with Crippen molar-refractivity contribution in [2.45, 2.75) is 6.42 Å². The Kier molecular flexibility index (Phi) is 6.22. The molecule has 1 heterocycles. The van der Waals surface area contributed by atoms with E-state index in [9.17, 15) is 4.79 Å². The Morgan fingerprint density at radius 2 is 2.04 bits per heavy atom. The van der Waals surface area contributed by atoms with Crippen LogP contribution in [0.1, 0.15) is 22.3 Å². The number of amidine groups is 1. The molecule has 0 aromatic heterocycles. The summed E-state index contributed by atoms with van der Waals surface area (Å²) >= 11 is 5.23. The number of methoxy groups -OCH3 is 1. The van der Waals surface area contributed by atoms with E-state index in [2.05, 4.69) is 26.5 Å². The van der Waals surface area contributed by atoms with Gasteiger partial charge in [-0.25, -0.2) is 0 Å². The van der Waals surface area contributed by atoms with Crippen molar-refractivity contribution in [1.82, 2.24) is 16.2 Å². The Labute approximate surface area is 163 Å². The van der Waals surface area contributed by atoms with Crippen molar-refractivity contribution >= 4 is 34.8 Å². The van der Waals surface area contributed by atoms with Crippen LogP contribution in [0.2, 0.25) is 0 Å². The molecule has 0 saturated heterocycles. The molecular weight excluding hydrogens is 362 g/mol. The van der Waals surface area contributed by atoms with Crippen LogP contribution in [0.15, 0.2) is 53.5 Å². The maximum Gasteiger partial charge on any atom is 0.270 e. The number of hydrogen-bond donors (Lipinski definition) is 4. The highest BCUT2D eigenvalue weighted by molar-refractivity contribution is 7.80. The molecule has 0 saturated carbocycles. The molecule has 0 radical (unpaired) electrons. The molecule has 0 bridgehead atoms. The quantitative estimate of drug-likeness (QED) is 0.478. The highest BCUT2D eigenvalue weighted by Crippen LogP contribution is 2.16. The zero-order valence-corrected chi connectivity index (χ0v) is 15.7. The molecule has 140 valence electrons. The Morgan fingerprint density at radius 1 is 1.19 bits per heavy atom. The number of anilines is 1. The summed E-state index contributed by atoms with van der Waals surface area (Å²) in [7, 11) is 1.60. The molecule has 4 N–H and O–H groups in total. The first-order chi connectivity index (χ1) is 13.2. The minimum absolute atomic E-state index is 0.266. The van der Waals surface area contributed by atoms with Crippen LogP contribution in [0, 0.1) is 0 Å². The molecule has 8 heteroatoms. The van der Waals surface area contributed by atoms with E-state index >= 15 is 0 Å². The van der Waals surface area contributed by atoms with Gasteiger partial charge in [-0.2, -0.15) is 0 Å². The van der Waals surface area contributed by atoms with Crippen molar-refractivity contribution in [1.29, 1.82) is 0 Å². The summed E-state index contributed by atoms with van der Waals surface area (Å²) in [6.45, 7) is 1.60. The lowest BCUT2D eigenvalue weighted by Crippen LogP contribution is -2.44. The highest BCUT2D eigenvalue weighted by Gasteiger charge is 2.16. The van der Waals surface area contributed by atoms with Gasteiger partial charge in [0.2, 0.25) is 0 Å². The zero-order valence-electron chi connectivity index (χ0n) is 14.9. The number of amides is 1. The number of nitrogens with one attached hydrogen (secondary N) is 4. The van der Waals surface area contributed by atoms with Crippen LogP contribution in [0.25, 0.3) is 0 Å². The molecule has 7 nitrogen and oxygen atoms in total. The van der Waals surface area contributed by atoms with Crippen LogP contribution in [-0.4, -0.2) is 37.1 Å². The van der Waals surface area contributed by atoms with Crippen LogP contribution >= 0.6 is 12.2 Å². The summed E-state index contributed by atoms with van der Waals surface area (Å²) in [4.78, 5) is 17.1. The van der Waals surface area contributed by atoms with Gasteiger partial charge in [-0.15, -0.1) is 0 Å². The Balaban J connectivity index is 1.62. The van der Waals surface area contributed by atoms with Gasteiger partial charge in [0, 0.05) is 30.4 Å². The summed E-state index contributed by atoms with van der Waals surface area (Å²) in [6.07, 6.45) is 0.990. The first kappa shape index (κ1) is 18.7. The van der Waals surface area contributed by atoms with Crippen LogP contribution < -0.4 is 26.2 Å². The van der Waals surface area contributed by atoms with Crippen LogP contribution in [-0.2, 0) is 0 Å². The van der Waals surface area contributed by atoms with Crippen LogP contribution in [0.5, 0.6) is 5.75 Å². The minimum Gasteiger partial charge on any atom is -0.497 e. The third-order valence-electron chi connectivity index (χ3n) is 3.94. The monoisotopic (exact) mass is 383 g/mol. The number of rotatable bonds is 4. The first-order valence-electron chi connectivity index (χ1n) is 8.56. The predicted octanol–water partition coefficient (Wildman–Crippen LogP) is 2.07. The molecule has 0 fully saturated rings. The van der Waals surface area contributed by atoms with Gasteiger partial charge in [-0.1, -0.05) is 24.3 Å². The lowest BCUT2D eigenvalue weighted by Gasteiger charge is -2.18. The SMILES string of the molecule is COc1cccc(NC(=S)NNC(=O)c2ccccc2C2=NCCCN2)c1. The largest absolute Gasteiger partial charge is 0.497 e. The fourth-order valence-corrected chi connectivity index (χ4v) is 2.81. The van der Waals surface area contributed by atoms with Crippen molar-refractivity contribution in [2.75, 3.05) is 25.5 Å². The van der Waals surface area contributed by atoms with E-state index in [0.717, 1.165) is 36.6 Å². The van der Waals surface area contributed by atoms with E-state index in [1.807, 2.05) is 36.4 Å². The maximum absolute atomic E-state index is 12.6. The van der Waals surface area contributed by atoms with E-state index in [1.165, 1.54) is 0 Å². The molecule has 27 heavy (non-hydrogen) atoms. The molecular formula is C19H21N5O2S. The average Bonchev–Trinajstić information content (AvgIpc) is 2.73. The second-order valence-electron chi connectivity index (χ2n) is 5.82. The van der Waals surface area contributed by atoms with Crippen LogP contribution in [0.3, 0.4) is 0 Å². The van der Waals surface area contributed by atoms with Gasteiger partial charge in [-0.3, -0.25) is 20.6 Å². The molecule has 0 unspecified atom stereocenters.